The van der Waals surface area contributed by atoms with Gasteiger partial charge in [-0.1, -0.05) is 11.6 Å². The van der Waals surface area contributed by atoms with Crippen molar-refractivity contribution in [3.63, 3.8) is 0 Å². The van der Waals surface area contributed by atoms with Crippen molar-refractivity contribution in [1.82, 2.24) is 15.0 Å². The first-order valence-corrected chi connectivity index (χ1v) is 4.38. The molecule has 1 heterocycles. The number of hydrogen-bond acceptors (Lipinski definition) is 3. The molecule has 2 aromatic rings. The molecular weight excluding hydrogens is 706 g/mol. The molecule has 0 radical (unpaired) electrons. The normalized spacial score (nSPS) is 8.50. The largest absolute Gasteiger partial charge is 2.00 e. The summed E-state index contributed by atoms with van der Waals surface area (Å²) in [4.78, 5) is 12.1. The van der Waals surface area contributed by atoms with E-state index in [0.29, 0.717) is 10.7 Å². The Morgan fingerprint density at radius 2 is 2.11 bits per heavy atom. The molecule has 18 heavy (non-hydrogen) atoms. The van der Waals surface area contributed by atoms with Crippen LogP contribution in [-0.4, -0.2) is 26.1 Å². The molecule has 1 aromatic heterocycles. The van der Waals surface area contributed by atoms with Crippen molar-refractivity contribution in [3.8, 4) is 5.69 Å². The van der Waals surface area contributed by atoms with Crippen molar-refractivity contribution in [3.05, 3.63) is 48.6 Å². The number of carboxylic acids is 1. The summed E-state index contributed by atoms with van der Waals surface area (Å²) < 4.78 is 0. The van der Waals surface area contributed by atoms with E-state index in [9.17, 15) is 4.79 Å². The Morgan fingerprint density at radius 3 is 2.61 bits per heavy atom. The summed E-state index contributed by atoms with van der Waals surface area (Å²) in [6.45, 7) is 0. The number of hydrogen-bond donors (Lipinski definition) is 1. The van der Waals surface area contributed by atoms with Crippen LogP contribution in [0.5, 0.6) is 0 Å². The summed E-state index contributed by atoms with van der Waals surface area (Å²) in [7, 11) is 0. The second-order valence-corrected chi connectivity index (χ2v) is 3.17. The Bertz CT molecular complexity index is 506. The zero-order valence-corrected chi connectivity index (χ0v) is 18.5. The maximum atomic E-state index is 10.9. The second-order valence-electron chi connectivity index (χ2n) is 2.73. The van der Waals surface area contributed by atoms with Crippen LogP contribution in [0.4, 0.5) is 0 Å². The van der Waals surface area contributed by atoms with Crippen molar-refractivity contribution >= 4 is 17.6 Å². The van der Waals surface area contributed by atoms with Gasteiger partial charge in [0.2, 0.25) is 0 Å². The first kappa shape index (κ1) is 20.5. The molecule has 5 nitrogen and oxygen atoms in total. The van der Waals surface area contributed by atoms with Gasteiger partial charge in [0.05, 0.1) is 11.3 Å². The minimum absolute atomic E-state index is 0. The Labute approximate surface area is 157 Å². The number of benzene rings is 1. The molecule has 0 atom stereocenters. The zero-order chi connectivity index (χ0) is 10.8. The van der Waals surface area contributed by atoms with Crippen LogP contribution in [0.3, 0.4) is 0 Å². The van der Waals surface area contributed by atoms with Crippen LogP contribution in [0.2, 0.25) is 5.02 Å². The summed E-state index contributed by atoms with van der Waals surface area (Å²) in [6.07, 6.45) is 3.83. The van der Waals surface area contributed by atoms with E-state index < -0.39 is 5.97 Å². The number of nitrogens with zero attached hydrogens (tertiary/aromatic N) is 3. The van der Waals surface area contributed by atoms with Crippen molar-refractivity contribution < 1.29 is 72.1 Å². The fraction of sp³-hybridized carbons (Fsp3) is 0. The van der Waals surface area contributed by atoms with Crippen molar-refractivity contribution in [2.45, 2.75) is 0 Å². The van der Waals surface area contributed by atoms with Crippen LogP contribution in [-0.2, 0) is 0 Å². The Kier molecular flexibility index (Phi) is 10.5. The van der Waals surface area contributed by atoms with Crippen LogP contribution in [0, 0.1) is 75.8 Å². The SMILES string of the molecule is O=C(O)c1cc(Cl)ccc1-n1n[c-]cn1.[CH3-].[U+2].[U]. The van der Waals surface area contributed by atoms with E-state index in [0.717, 1.165) is 0 Å². The van der Waals surface area contributed by atoms with Crippen LogP contribution in [0.1, 0.15) is 10.4 Å². The molecule has 2 rings (SSSR count). The molecule has 0 aliphatic rings. The number of carbonyl (C=O) groups is 1. The van der Waals surface area contributed by atoms with Gasteiger partial charge in [0.25, 0.3) is 0 Å². The van der Waals surface area contributed by atoms with Crippen LogP contribution in [0.25, 0.3) is 5.69 Å². The van der Waals surface area contributed by atoms with E-state index in [1.54, 1.807) is 12.1 Å². The molecule has 0 saturated carbocycles. The molecule has 8 heteroatoms. The topological polar surface area (TPSA) is 68.0 Å². The smallest absolute Gasteiger partial charge is 0.478 e. The monoisotopic (exact) mass is 713 g/mol. The van der Waals surface area contributed by atoms with E-state index in [1.807, 2.05) is 0 Å². The first-order chi connectivity index (χ1) is 7.18. The fourth-order valence-corrected chi connectivity index (χ4v) is 1.33. The molecule has 0 saturated heterocycles. The number of aromatic carboxylic acids is 1. The average molecular weight is 714 g/mol. The fourth-order valence-electron chi connectivity index (χ4n) is 1.16. The number of rotatable bonds is 2. The molecule has 0 aliphatic heterocycles. The van der Waals surface area contributed by atoms with Gasteiger partial charge in [0.15, 0.2) is 0 Å². The summed E-state index contributed by atoms with van der Waals surface area (Å²) in [5.41, 5.74) is 0.403. The van der Waals surface area contributed by atoms with E-state index >= 15 is 0 Å². The van der Waals surface area contributed by atoms with Gasteiger partial charge in [-0.15, -0.1) is 6.20 Å². The van der Waals surface area contributed by atoms with Gasteiger partial charge >= 0.3 is 37.1 Å². The number of carboxylic acid groups (broad SMARTS) is 1. The second kappa shape index (κ2) is 9.18. The van der Waals surface area contributed by atoms with Crippen molar-refractivity contribution in [2.24, 2.45) is 0 Å². The Balaban J connectivity index is 0. The van der Waals surface area contributed by atoms with Gasteiger partial charge in [-0.3, -0.25) is 0 Å². The van der Waals surface area contributed by atoms with Gasteiger partial charge < -0.3 is 23.8 Å². The van der Waals surface area contributed by atoms with Gasteiger partial charge in [-0.25, -0.2) is 4.79 Å². The molecule has 1 N–H and O–H groups in total. The summed E-state index contributed by atoms with van der Waals surface area (Å²) >= 11 is 5.70. The summed E-state index contributed by atoms with van der Waals surface area (Å²) in [6, 6.07) is 4.47. The molecule has 0 fully saturated rings. The average Bonchev–Trinajstić information content (AvgIpc) is 2.70. The maximum absolute atomic E-state index is 10.9. The van der Waals surface area contributed by atoms with Crippen LogP contribution < -0.4 is 0 Å². The molecule has 1 aromatic carbocycles. The molecule has 0 bridgehead atoms. The van der Waals surface area contributed by atoms with Gasteiger partial charge in [0.1, 0.15) is 0 Å². The third-order valence-corrected chi connectivity index (χ3v) is 2.02. The van der Waals surface area contributed by atoms with Crippen molar-refractivity contribution in [1.29, 1.82) is 0 Å². The van der Waals surface area contributed by atoms with E-state index in [-0.39, 0.29) is 75.2 Å². The first-order valence-electron chi connectivity index (χ1n) is 4.00. The van der Waals surface area contributed by atoms with E-state index in [1.165, 1.54) is 17.1 Å². The van der Waals surface area contributed by atoms with Crippen LogP contribution in [0.15, 0.2) is 24.4 Å². The molecule has 0 spiro atoms. The molecule has 0 amide bonds. The van der Waals surface area contributed by atoms with E-state index in [2.05, 4.69) is 16.4 Å². The summed E-state index contributed by atoms with van der Waals surface area (Å²) in [5.74, 6) is -1.08. The van der Waals surface area contributed by atoms with Gasteiger partial charge in [-0.2, -0.15) is 9.90 Å². The third kappa shape index (κ3) is 4.72. The molecule has 0 aliphatic carbocycles. The predicted molar refractivity (Wildman–Crippen MR) is 58.6 cm³/mol. The minimum atomic E-state index is -1.08. The number of halogens is 1. The maximum Gasteiger partial charge on any atom is 2.00 e. The number of aromatic nitrogens is 3. The van der Waals surface area contributed by atoms with Crippen molar-refractivity contribution in [2.75, 3.05) is 0 Å². The molecular formula is C10H8ClN3O2U2. The third-order valence-electron chi connectivity index (χ3n) is 1.78. The quantitative estimate of drug-likeness (QED) is 0.484. The molecule has 0 unspecified atom stereocenters. The summed E-state index contributed by atoms with van der Waals surface area (Å²) in [5, 5.41) is 16.8. The van der Waals surface area contributed by atoms with Gasteiger partial charge in [-0.05, 0) is 18.2 Å². The Hall–Kier alpha value is 0.224. The molecule has 90 valence electrons. The standard InChI is InChI=1S/C9H5ClN3O2.CH3.2U/c10-6-1-2-8(7(5-6)9(14)15)13-11-3-4-12-13;;;/h1-3,5H,(H,14,15);1H3;;/q2*-1;;+2. The van der Waals surface area contributed by atoms with E-state index in [4.69, 9.17) is 16.7 Å². The zero-order valence-electron chi connectivity index (χ0n) is 9.38. The van der Waals surface area contributed by atoms with Crippen LogP contribution >= 0.6 is 11.6 Å². The minimum Gasteiger partial charge on any atom is -0.478 e. The predicted octanol–water partition coefficient (Wildman–Crippen LogP) is 1.87. The van der Waals surface area contributed by atoms with Gasteiger partial charge in [0, 0.05) is 36.1 Å². The Morgan fingerprint density at radius 1 is 1.44 bits per heavy atom.